The molecule has 0 spiro atoms. The van der Waals surface area contributed by atoms with E-state index in [1.54, 1.807) is 38.1 Å². The molecule has 1 aliphatic heterocycles. The van der Waals surface area contributed by atoms with E-state index < -0.39 is 12.0 Å². The number of carbonyl (C=O) groups is 1. The zero-order valence-corrected chi connectivity index (χ0v) is 13.6. The van der Waals surface area contributed by atoms with Gasteiger partial charge in [0.2, 0.25) is 0 Å². The lowest BCUT2D eigenvalue weighted by molar-refractivity contribution is -0.150. The Morgan fingerprint density at radius 3 is 2.54 bits per heavy atom. The fraction of sp³-hybridized carbons (Fsp3) is 0.316. The second-order valence-electron chi connectivity index (χ2n) is 5.76. The molecule has 0 fully saturated rings. The molecule has 2 aromatic carbocycles. The SMILES string of the molecule is CC(OC(=O)C(C)c1ccc2c(c1)OCCO2)c1cccc(F)c1. The Hall–Kier alpha value is -2.56. The van der Waals surface area contributed by atoms with E-state index in [1.165, 1.54) is 12.1 Å². The van der Waals surface area contributed by atoms with Crippen molar-refractivity contribution in [3.63, 3.8) is 0 Å². The molecule has 0 radical (unpaired) electrons. The van der Waals surface area contributed by atoms with Crippen molar-refractivity contribution in [3.8, 4) is 11.5 Å². The average molecular weight is 330 g/mol. The van der Waals surface area contributed by atoms with Crippen molar-refractivity contribution in [1.29, 1.82) is 0 Å². The third-order valence-corrected chi connectivity index (χ3v) is 4.03. The minimum atomic E-state index is -0.520. The molecule has 2 atom stereocenters. The molecular weight excluding hydrogens is 311 g/mol. The third-order valence-electron chi connectivity index (χ3n) is 4.03. The van der Waals surface area contributed by atoms with Crippen molar-refractivity contribution >= 4 is 5.97 Å². The summed E-state index contributed by atoms with van der Waals surface area (Å²) < 4.78 is 29.8. The Bertz CT molecular complexity index is 744. The highest BCUT2D eigenvalue weighted by atomic mass is 19.1. The lowest BCUT2D eigenvalue weighted by atomic mass is 10.0. The van der Waals surface area contributed by atoms with Crippen LogP contribution in [0.2, 0.25) is 0 Å². The molecule has 4 nitrogen and oxygen atoms in total. The van der Waals surface area contributed by atoms with Crippen molar-refractivity contribution in [2.75, 3.05) is 13.2 Å². The van der Waals surface area contributed by atoms with Crippen molar-refractivity contribution in [2.45, 2.75) is 25.9 Å². The summed E-state index contributed by atoms with van der Waals surface area (Å²) in [6, 6.07) is 11.5. The van der Waals surface area contributed by atoms with Crippen molar-refractivity contribution in [1.82, 2.24) is 0 Å². The van der Waals surface area contributed by atoms with E-state index in [2.05, 4.69) is 0 Å². The van der Waals surface area contributed by atoms with E-state index in [0.717, 1.165) is 5.56 Å². The van der Waals surface area contributed by atoms with Crippen LogP contribution in [0.25, 0.3) is 0 Å². The molecule has 2 aromatic rings. The average Bonchev–Trinajstić information content (AvgIpc) is 2.60. The molecule has 2 unspecified atom stereocenters. The summed E-state index contributed by atoms with van der Waals surface area (Å²) in [6.45, 7) is 4.51. The zero-order valence-electron chi connectivity index (χ0n) is 13.6. The van der Waals surface area contributed by atoms with E-state index in [1.807, 2.05) is 6.07 Å². The lowest BCUT2D eigenvalue weighted by Crippen LogP contribution is -2.18. The number of halogens is 1. The predicted octanol–water partition coefficient (Wildman–Crippen LogP) is 4.00. The van der Waals surface area contributed by atoms with Crippen LogP contribution >= 0.6 is 0 Å². The molecule has 0 aromatic heterocycles. The molecule has 24 heavy (non-hydrogen) atoms. The smallest absolute Gasteiger partial charge is 0.313 e. The fourth-order valence-corrected chi connectivity index (χ4v) is 2.57. The highest BCUT2D eigenvalue weighted by molar-refractivity contribution is 5.78. The van der Waals surface area contributed by atoms with Gasteiger partial charge in [-0.25, -0.2) is 4.39 Å². The lowest BCUT2D eigenvalue weighted by Gasteiger charge is -2.21. The van der Waals surface area contributed by atoms with Gasteiger partial charge in [-0.3, -0.25) is 4.79 Å². The molecule has 0 N–H and O–H groups in total. The van der Waals surface area contributed by atoms with Crippen LogP contribution in [0.3, 0.4) is 0 Å². The molecule has 0 saturated heterocycles. The molecule has 0 amide bonds. The molecule has 3 rings (SSSR count). The van der Waals surface area contributed by atoms with Crippen LogP contribution in [-0.4, -0.2) is 19.2 Å². The number of benzene rings is 2. The Labute approximate surface area is 140 Å². The predicted molar refractivity (Wildman–Crippen MR) is 86.8 cm³/mol. The molecule has 126 valence electrons. The van der Waals surface area contributed by atoms with Crippen LogP contribution in [0.4, 0.5) is 4.39 Å². The maximum Gasteiger partial charge on any atom is 0.313 e. The molecule has 1 heterocycles. The number of rotatable bonds is 4. The van der Waals surface area contributed by atoms with E-state index in [0.29, 0.717) is 30.3 Å². The second-order valence-corrected chi connectivity index (χ2v) is 5.76. The second kappa shape index (κ2) is 6.91. The van der Waals surface area contributed by atoms with Crippen LogP contribution in [0.15, 0.2) is 42.5 Å². The Morgan fingerprint density at radius 1 is 1.04 bits per heavy atom. The summed E-state index contributed by atoms with van der Waals surface area (Å²) in [4.78, 5) is 12.4. The van der Waals surface area contributed by atoms with Crippen LogP contribution in [0.1, 0.15) is 37.0 Å². The van der Waals surface area contributed by atoms with E-state index in [-0.39, 0.29) is 11.8 Å². The van der Waals surface area contributed by atoms with Gasteiger partial charge in [-0.1, -0.05) is 18.2 Å². The first kappa shape index (κ1) is 16.3. The van der Waals surface area contributed by atoms with Gasteiger partial charge in [0.1, 0.15) is 25.1 Å². The van der Waals surface area contributed by atoms with Gasteiger partial charge in [0.05, 0.1) is 5.92 Å². The summed E-state index contributed by atoms with van der Waals surface area (Å²) in [5.41, 5.74) is 1.41. The maximum absolute atomic E-state index is 13.3. The van der Waals surface area contributed by atoms with Gasteiger partial charge in [-0.2, -0.15) is 0 Å². The molecular formula is C19H19FO4. The minimum Gasteiger partial charge on any atom is -0.486 e. The summed E-state index contributed by atoms with van der Waals surface area (Å²) in [5.74, 6) is 0.130. The highest BCUT2D eigenvalue weighted by Crippen LogP contribution is 2.34. The van der Waals surface area contributed by atoms with Crippen molar-refractivity contribution < 1.29 is 23.4 Å². The first-order chi connectivity index (χ1) is 11.5. The van der Waals surface area contributed by atoms with Gasteiger partial charge in [0.15, 0.2) is 11.5 Å². The summed E-state index contributed by atoms with van der Waals surface area (Å²) in [7, 11) is 0. The largest absolute Gasteiger partial charge is 0.486 e. The van der Waals surface area contributed by atoms with E-state index >= 15 is 0 Å². The number of carbonyl (C=O) groups excluding carboxylic acids is 1. The Balaban J connectivity index is 1.70. The van der Waals surface area contributed by atoms with E-state index in [4.69, 9.17) is 14.2 Å². The number of esters is 1. The third kappa shape index (κ3) is 3.50. The van der Waals surface area contributed by atoms with Crippen LogP contribution in [0.5, 0.6) is 11.5 Å². The normalized spacial score (nSPS) is 15.5. The molecule has 1 aliphatic rings. The maximum atomic E-state index is 13.3. The summed E-state index contributed by atoms with van der Waals surface area (Å²) in [5, 5.41) is 0. The molecule has 5 heteroatoms. The number of fused-ring (bicyclic) bond motifs is 1. The number of ether oxygens (including phenoxy) is 3. The van der Waals surface area contributed by atoms with Gasteiger partial charge < -0.3 is 14.2 Å². The molecule has 0 bridgehead atoms. The van der Waals surface area contributed by atoms with E-state index in [9.17, 15) is 9.18 Å². The molecule has 0 aliphatic carbocycles. The van der Waals surface area contributed by atoms with Gasteiger partial charge in [-0.05, 0) is 49.2 Å². The highest BCUT2D eigenvalue weighted by Gasteiger charge is 2.22. The van der Waals surface area contributed by atoms with Gasteiger partial charge in [0.25, 0.3) is 0 Å². The Kier molecular flexibility index (Phi) is 4.69. The fourth-order valence-electron chi connectivity index (χ4n) is 2.57. The van der Waals surface area contributed by atoms with Crippen molar-refractivity contribution in [2.24, 2.45) is 0 Å². The topological polar surface area (TPSA) is 44.8 Å². The number of hydrogen-bond acceptors (Lipinski definition) is 4. The summed E-state index contributed by atoms with van der Waals surface area (Å²) >= 11 is 0. The minimum absolute atomic E-state index is 0.352. The first-order valence-corrected chi connectivity index (χ1v) is 7.90. The molecule has 0 saturated carbocycles. The zero-order chi connectivity index (χ0) is 17.1. The quantitative estimate of drug-likeness (QED) is 0.795. The number of hydrogen-bond donors (Lipinski definition) is 0. The monoisotopic (exact) mass is 330 g/mol. The standard InChI is InChI=1S/C19H19FO4/c1-12(14-6-7-17-18(11-14)23-9-8-22-17)19(21)24-13(2)15-4-3-5-16(20)10-15/h3-7,10-13H,8-9H2,1-2H3. The van der Waals surface area contributed by atoms with Crippen LogP contribution < -0.4 is 9.47 Å². The van der Waals surface area contributed by atoms with Crippen LogP contribution in [-0.2, 0) is 9.53 Å². The van der Waals surface area contributed by atoms with Gasteiger partial charge in [0, 0.05) is 0 Å². The first-order valence-electron chi connectivity index (χ1n) is 7.90. The van der Waals surface area contributed by atoms with Crippen molar-refractivity contribution in [3.05, 3.63) is 59.4 Å². The van der Waals surface area contributed by atoms with Gasteiger partial charge in [-0.15, -0.1) is 0 Å². The van der Waals surface area contributed by atoms with Crippen LogP contribution in [0, 0.1) is 5.82 Å². The summed E-state index contributed by atoms with van der Waals surface area (Å²) in [6.07, 6.45) is -0.520. The Morgan fingerprint density at radius 2 is 1.79 bits per heavy atom. The van der Waals surface area contributed by atoms with Gasteiger partial charge >= 0.3 is 5.97 Å².